The average molecular weight is 321 g/mol. The Kier molecular flexibility index (Phi) is 5.02. The molecule has 2 aromatic rings. The number of rotatable bonds is 7. The second kappa shape index (κ2) is 7.18. The predicted molar refractivity (Wildman–Crippen MR) is 80.4 cm³/mol. The number of likely N-dealkylation sites (tertiary alicyclic amines) is 1. The van der Waals surface area contributed by atoms with Crippen molar-refractivity contribution in [3.8, 4) is 0 Å². The maximum atomic E-state index is 5.49. The first kappa shape index (κ1) is 16.1. The zero-order chi connectivity index (χ0) is 16.2. The molecule has 3 rings (SSSR count). The highest BCUT2D eigenvalue weighted by molar-refractivity contribution is 4.99. The van der Waals surface area contributed by atoms with Gasteiger partial charge in [0.05, 0.1) is 12.6 Å². The van der Waals surface area contributed by atoms with Crippen molar-refractivity contribution in [1.29, 1.82) is 0 Å². The molecule has 0 N–H and O–H groups in total. The molecule has 0 saturated carbocycles. The molecule has 0 aromatic carbocycles. The van der Waals surface area contributed by atoms with Gasteiger partial charge in [0.15, 0.2) is 11.6 Å². The molecule has 23 heavy (non-hydrogen) atoms. The van der Waals surface area contributed by atoms with Gasteiger partial charge in [-0.15, -0.1) is 0 Å². The molecular weight excluding hydrogens is 298 g/mol. The van der Waals surface area contributed by atoms with Crippen LogP contribution >= 0.6 is 0 Å². The van der Waals surface area contributed by atoms with E-state index in [2.05, 4.69) is 25.2 Å². The summed E-state index contributed by atoms with van der Waals surface area (Å²) < 4.78 is 16.1. The van der Waals surface area contributed by atoms with E-state index in [0.717, 1.165) is 31.6 Å². The minimum atomic E-state index is -0.156. The first-order valence-electron chi connectivity index (χ1n) is 8.21. The van der Waals surface area contributed by atoms with E-state index >= 15 is 0 Å². The Balaban J connectivity index is 1.66. The number of hydrogen-bond donors (Lipinski definition) is 0. The van der Waals surface area contributed by atoms with E-state index in [1.165, 1.54) is 0 Å². The Morgan fingerprint density at radius 3 is 2.78 bits per heavy atom. The van der Waals surface area contributed by atoms with Gasteiger partial charge >= 0.3 is 0 Å². The fourth-order valence-corrected chi connectivity index (χ4v) is 2.85. The van der Waals surface area contributed by atoms with Gasteiger partial charge in [-0.25, -0.2) is 0 Å². The Labute approximate surface area is 135 Å². The van der Waals surface area contributed by atoms with Crippen LogP contribution in [0.4, 0.5) is 0 Å². The molecule has 2 atom stereocenters. The van der Waals surface area contributed by atoms with Crippen LogP contribution in [0, 0.1) is 0 Å². The number of ether oxygens (including phenoxy) is 1. The molecule has 1 fully saturated rings. The number of aromatic nitrogens is 4. The van der Waals surface area contributed by atoms with E-state index < -0.39 is 0 Å². The van der Waals surface area contributed by atoms with Gasteiger partial charge in [-0.2, -0.15) is 9.97 Å². The molecule has 1 aliphatic rings. The van der Waals surface area contributed by atoms with Gasteiger partial charge in [-0.1, -0.05) is 17.2 Å². The Bertz CT molecular complexity index is 626. The molecule has 8 nitrogen and oxygen atoms in total. The first-order valence-corrected chi connectivity index (χ1v) is 8.21. The highest BCUT2D eigenvalue weighted by Gasteiger charge is 2.31. The average Bonchev–Trinajstić information content (AvgIpc) is 3.27. The van der Waals surface area contributed by atoms with Crippen LogP contribution in [-0.2, 0) is 17.7 Å². The van der Waals surface area contributed by atoms with Crippen LogP contribution in [0.3, 0.4) is 0 Å². The van der Waals surface area contributed by atoms with Crippen LogP contribution in [0.5, 0.6) is 0 Å². The fraction of sp³-hybridized carbons (Fsp3) is 0.733. The summed E-state index contributed by atoms with van der Waals surface area (Å²) >= 11 is 0. The zero-order valence-electron chi connectivity index (χ0n) is 13.9. The van der Waals surface area contributed by atoms with Crippen LogP contribution in [0.1, 0.15) is 69.2 Å². The van der Waals surface area contributed by atoms with E-state index in [0.29, 0.717) is 30.8 Å². The highest BCUT2D eigenvalue weighted by Crippen LogP contribution is 2.31. The van der Waals surface area contributed by atoms with Gasteiger partial charge in [0.2, 0.25) is 11.8 Å². The lowest BCUT2D eigenvalue weighted by atomic mass is 10.2. The van der Waals surface area contributed by atoms with Crippen molar-refractivity contribution >= 4 is 0 Å². The van der Waals surface area contributed by atoms with Crippen molar-refractivity contribution in [2.24, 2.45) is 0 Å². The summed E-state index contributed by atoms with van der Waals surface area (Å²) in [5, 5.41) is 8.11. The van der Waals surface area contributed by atoms with Crippen molar-refractivity contribution < 1.29 is 13.8 Å². The van der Waals surface area contributed by atoms with Crippen LogP contribution < -0.4 is 0 Å². The van der Waals surface area contributed by atoms with Crippen LogP contribution in [-0.4, -0.2) is 38.3 Å². The molecule has 2 aromatic heterocycles. The highest BCUT2D eigenvalue weighted by atomic mass is 16.5. The molecule has 0 bridgehead atoms. The largest absolute Gasteiger partial charge is 0.371 e. The molecule has 126 valence electrons. The monoisotopic (exact) mass is 321 g/mol. The molecule has 0 unspecified atom stereocenters. The van der Waals surface area contributed by atoms with Crippen LogP contribution in [0.25, 0.3) is 0 Å². The lowest BCUT2D eigenvalue weighted by molar-refractivity contribution is 0.0683. The summed E-state index contributed by atoms with van der Waals surface area (Å²) in [7, 11) is 0. The summed E-state index contributed by atoms with van der Waals surface area (Å²) in [6.45, 7) is 8.04. The number of nitrogens with zero attached hydrogens (tertiary/aromatic N) is 5. The quantitative estimate of drug-likeness (QED) is 0.768. The molecule has 0 aliphatic carbocycles. The molecule has 0 amide bonds. The topological polar surface area (TPSA) is 90.3 Å². The summed E-state index contributed by atoms with van der Waals surface area (Å²) in [6, 6.07) is 0.152. The molecule has 1 saturated heterocycles. The summed E-state index contributed by atoms with van der Waals surface area (Å²) in [4.78, 5) is 11.1. The van der Waals surface area contributed by atoms with Gasteiger partial charge in [0.25, 0.3) is 0 Å². The van der Waals surface area contributed by atoms with Crippen molar-refractivity contribution in [2.75, 3.05) is 13.2 Å². The minimum Gasteiger partial charge on any atom is -0.371 e. The van der Waals surface area contributed by atoms with E-state index in [1.807, 2.05) is 20.8 Å². The summed E-state index contributed by atoms with van der Waals surface area (Å²) in [5.74, 6) is 2.61. The lowest BCUT2D eigenvalue weighted by Crippen LogP contribution is -2.23. The lowest BCUT2D eigenvalue weighted by Gasteiger charge is -2.19. The Morgan fingerprint density at radius 1 is 1.22 bits per heavy atom. The van der Waals surface area contributed by atoms with Crippen LogP contribution in [0.15, 0.2) is 9.05 Å². The van der Waals surface area contributed by atoms with Gasteiger partial charge < -0.3 is 13.8 Å². The van der Waals surface area contributed by atoms with Gasteiger partial charge in [-0.3, -0.25) is 4.90 Å². The van der Waals surface area contributed by atoms with E-state index in [9.17, 15) is 0 Å². The Hall–Kier alpha value is -1.80. The van der Waals surface area contributed by atoms with Crippen molar-refractivity contribution in [2.45, 2.75) is 58.7 Å². The van der Waals surface area contributed by atoms with Crippen molar-refractivity contribution in [3.05, 3.63) is 23.4 Å². The minimum absolute atomic E-state index is 0.152. The maximum Gasteiger partial charge on any atom is 0.240 e. The predicted octanol–water partition coefficient (Wildman–Crippen LogP) is 2.45. The number of aryl methyl sites for hydroxylation is 1. The molecule has 8 heteroatoms. The standard InChI is InChI=1S/C15H23N5O3/c1-4-12-16-15(19-22-12)11-7-6-8-20(11)9-13-17-14(18-23-13)10(3)21-5-2/h10-11H,4-9H2,1-3H3/t10-,11-/m0/s1. The van der Waals surface area contributed by atoms with E-state index in [-0.39, 0.29) is 12.1 Å². The summed E-state index contributed by atoms with van der Waals surface area (Å²) in [5.41, 5.74) is 0. The molecule has 0 radical (unpaired) electrons. The molecular formula is C15H23N5O3. The maximum absolute atomic E-state index is 5.49. The number of hydrogen-bond acceptors (Lipinski definition) is 8. The fourth-order valence-electron chi connectivity index (χ4n) is 2.85. The zero-order valence-corrected chi connectivity index (χ0v) is 13.9. The van der Waals surface area contributed by atoms with Crippen molar-refractivity contribution in [3.63, 3.8) is 0 Å². The second-order valence-corrected chi connectivity index (χ2v) is 5.67. The second-order valence-electron chi connectivity index (χ2n) is 5.67. The normalized spacial score (nSPS) is 20.2. The molecule has 1 aliphatic heterocycles. The van der Waals surface area contributed by atoms with Gasteiger partial charge in [0, 0.05) is 13.0 Å². The molecule has 0 spiro atoms. The smallest absolute Gasteiger partial charge is 0.240 e. The third-order valence-electron chi connectivity index (χ3n) is 4.05. The van der Waals surface area contributed by atoms with Crippen LogP contribution in [0.2, 0.25) is 0 Å². The van der Waals surface area contributed by atoms with Gasteiger partial charge in [0.1, 0.15) is 6.10 Å². The Morgan fingerprint density at radius 2 is 2.04 bits per heavy atom. The van der Waals surface area contributed by atoms with Gasteiger partial charge in [-0.05, 0) is 33.2 Å². The molecule has 3 heterocycles. The summed E-state index contributed by atoms with van der Waals surface area (Å²) in [6.07, 6.45) is 2.70. The van der Waals surface area contributed by atoms with Crippen molar-refractivity contribution in [1.82, 2.24) is 25.2 Å². The SMILES string of the molecule is CCO[C@@H](C)c1noc(CN2CCC[C@H]2c2noc(CC)n2)n1. The third kappa shape index (κ3) is 3.59. The third-order valence-corrected chi connectivity index (χ3v) is 4.05. The van der Waals surface area contributed by atoms with E-state index in [4.69, 9.17) is 13.8 Å². The first-order chi connectivity index (χ1) is 11.2. The van der Waals surface area contributed by atoms with E-state index in [1.54, 1.807) is 0 Å².